The molecule has 1 aromatic carbocycles. The Kier molecular flexibility index (Phi) is 4.80. The summed E-state index contributed by atoms with van der Waals surface area (Å²) in [4.78, 5) is 29.7. The molecule has 0 aliphatic heterocycles. The molecule has 0 amide bonds. The Labute approximate surface area is 122 Å². The first-order valence-corrected chi connectivity index (χ1v) is 7.49. The van der Waals surface area contributed by atoms with Crippen LogP contribution in [0.15, 0.2) is 34.4 Å². The monoisotopic (exact) mass is 310 g/mol. The molecule has 0 aliphatic carbocycles. The van der Waals surface area contributed by atoms with E-state index in [1.165, 1.54) is 0 Å². The van der Waals surface area contributed by atoms with Crippen LogP contribution < -0.4 is 0 Å². The number of thioether (sulfide) groups is 2. The van der Waals surface area contributed by atoms with Crippen LogP contribution in [0.1, 0.15) is 0 Å². The van der Waals surface area contributed by atoms with Crippen LogP contribution in [0, 0.1) is 0 Å². The van der Waals surface area contributed by atoms with Crippen molar-refractivity contribution in [1.82, 2.24) is 9.97 Å². The molecule has 2 N–H and O–H groups in total. The van der Waals surface area contributed by atoms with Crippen molar-refractivity contribution in [2.24, 2.45) is 0 Å². The van der Waals surface area contributed by atoms with Gasteiger partial charge in [0.15, 0.2) is 5.16 Å². The highest BCUT2D eigenvalue weighted by Crippen LogP contribution is 2.27. The average molecular weight is 310 g/mol. The standard InChI is InChI=1S/C12H10N2O4S2/c15-9(16)5-19-11-7-3-1-2-4-8(7)13-12(14-11)20-6-10(17)18/h1-4H,5-6H2,(H,15,16)(H,17,18). The van der Waals surface area contributed by atoms with Crippen molar-refractivity contribution in [3.63, 3.8) is 0 Å². The van der Waals surface area contributed by atoms with Gasteiger partial charge in [-0.15, -0.1) is 0 Å². The predicted octanol–water partition coefficient (Wildman–Crippen LogP) is 1.98. The van der Waals surface area contributed by atoms with Crippen LogP contribution >= 0.6 is 23.5 Å². The number of aliphatic carboxylic acids is 2. The minimum Gasteiger partial charge on any atom is -0.481 e. The highest BCUT2D eigenvalue weighted by Gasteiger charge is 2.11. The number of carboxylic acid groups (broad SMARTS) is 2. The van der Waals surface area contributed by atoms with Crippen LogP contribution in [0.4, 0.5) is 0 Å². The largest absolute Gasteiger partial charge is 0.481 e. The molecule has 0 saturated carbocycles. The van der Waals surface area contributed by atoms with E-state index in [4.69, 9.17) is 10.2 Å². The molecular formula is C12H10N2O4S2. The van der Waals surface area contributed by atoms with Gasteiger partial charge in [-0.25, -0.2) is 9.97 Å². The van der Waals surface area contributed by atoms with E-state index in [0.29, 0.717) is 15.7 Å². The van der Waals surface area contributed by atoms with Gasteiger partial charge in [0, 0.05) is 5.39 Å². The number of carboxylic acids is 2. The molecule has 0 fully saturated rings. The lowest BCUT2D eigenvalue weighted by Crippen LogP contribution is -2.02. The summed E-state index contributed by atoms with van der Waals surface area (Å²) in [5.74, 6) is -2.13. The maximum absolute atomic E-state index is 10.7. The summed E-state index contributed by atoms with van der Waals surface area (Å²) in [7, 11) is 0. The van der Waals surface area contributed by atoms with Gasteiger partial charge in [-0.1, -0.05) is 41.7 Å². The fraction of sp³-hybridized carbons (Fsp3) is 0.167. The van der Waals surface area contributed by atoms with E-state index in [2.05, 4.69) is 9.97 Å². The lowest BCUT2D eigenvalue weighted by atomic mass is 10.2. The number of fused-ring (bicyclic) bond motifs is 1. The maximum Gasteiger partial charge on any atom is 0.313 e. The first-order valence-electron chi connectivity index (χ1n) is 5.52. The molecule has 6 nitrogen and oxygen atoms in total. The third-order valence-corrected chi connectivity index (χ3v) is 4.01. The summed E-state index contributed by atoms with van der Waals surface area (Å²) in [6, 6.07) is 7.23. The Morgan fingerprint density at radius 3 is 2.35 bits per heavy atom. The predicted molar refractivity (Wildman–Crippen MR) is 76.3 cm³/mol. The van der Waals surface area contributed by atoms with Gasteiger partial charge in [0.25, 0.3) is 0 Å². The highest BCUT2D eigenvalue weighted by atomic mass is 32.2. The zero-order valence-corrected chi connectivity index (χ0v) is 11.8. The second-order valence-corrected chi connectivity index (χ2v) is 5.60. The van der Waals surface area contributed by atoms with Crippen molar-refractivity contribution >= 4 is 46.4 Å². The van der Waals surface area contributed by atoms with Crippen LogP contribution in [0.25, 0.3) is 10.9 Å². The number of rotatable bonds is 6. The molecule has 0 radical (unpaired) electrons. The second kappa shape index (κ2) is 6.58. The summed E-state index contributed by atoms with van der Waals surface area (Å²) in [5, 5.41) is 19.1. The Bertz CT molecular complexity index is 663. The molecule has 2 rings (SSSR count). The summed E-state index contributed by atoms with van der Waals surface area (Å²) in [6.07, 6.45) is 0. The Hall–Kier alpha value is -1.80. The lowest BCUT2D eigenvalue weighted by Gasteiger charge is -2.06. The summed E-state index contributed by atoms with van der Waals surface area (Å²) < 4.78 is 0. The van der Waals surface area contributed by atoms with Crippen LogP contribution in [0.2, 0.25) is 0 Å². The third kappa shape index (κ3) is 3.84. The molecule has 2 aromatic rings. The normalized spacial score (nSPS) is 10.6. The molecule has 0 spiro atoms. The van der Waals surface area contributed by atoms with E-state index in [1.807, 2.05) is 18.2 Å². The number of nitrogens with zero attached hydrogens (tertiary/aromatic N) is 2. The minimum atomic E-state index is -0.952. The van der Waals surface area contributed by atoms with Gasteiger partial charge in [0.2, 0.25) is 0 Å². The van der Waals surface area contributed by atoms with Gasteiger partial charge in [-0.05, 0) is 6.07 Å². The van der Waals surface area contributed by atoms with E-state index in [-0.39, 0.29) is 11.5 Å². The summed E-state index contributed by atoms with van der Waals surface area (Å²) in [5.41, 5.74) is 0.670. The smallest absolute Gasteiger partial charge is 0.313 e. The van der Waals surface area contributed by atoms with E-state index in [9.17, 15) is 9.59 Å². The first kappa shape index (κ1) is 14.6. The third-order valence-electron chi connectivity index (χ3n) is 2.20. The molecule has 1 heterocycles. The topological polar surface area (TPSA) is 100 Å². The van der Waals surface area contributed by atoms with Crippen LogP contribution in [-0.2, 0) is 9.59 Å². The van der Waals surface area contributed by atoms with Crippen molar-refractivity contribution in [2.75, 3.05) is 11.5 Å². The van der Waals surface area contributed by atoms with Gasteiger partial charge >= 0.3 is 11.9 Å². The second-order valence-electron chi connectivity index (χ2n) is 3.69. The molecule has 0 unspecified atom stereocenters. The van der Waals surface area contributed by atoms with Gasteiger partial charge in [0.05, 0.1) is 17.0 Å². The van der Waals surface area contributed by atoms with Crippen molar-refractivity contribution in [1.29, 1.82) is 0 Å². The number of aromatic nitrogens is 2. The number of carbonyl (C=O) groups is 2. The molecule has 8 heteroatoms. The molecule has 0 aliphatic rings. The quantitative estimate of drug-likeness (QED) is 0.474. The van der Waals surface area contributed by atoms with Gasteiger partial charge < -0.3 is 10.2 Å². The van der Waals surface area contributed by atoms with Crippen LogP contribution in [0.3, 0.4) is 0 Å². The number of benzene rings is 1. The molecule has 1 aromatic heterocycles. The van der Waals surface area contributed by atoms with Crippen molar-refractivity contribution in [2.45, 2.75) is 10.2 Å². The fourth-order valence-electron chi connectivity index (χ4n) is 1.46. The zero-order valence-electron chi connectivity index (χ0n) is 10.1. The Morgan fingerprint density at radius 1 is 1.00 bits per heavy atom. The maximum atomic E-state index is 10.7. The van der Waals surface area contributed by atoms with Gasteiger partial charge in [-0.2, -0.15) is 0 Å². The van der Waals surface area contributed by atoms with Crippen molar-refractivity contribution < 1.29 is 19.8 Å². The van der Waals surface area contributed by atoms with Crippen molar-refractivity contribution in [3.05, 3.63) is 24.3 Å². The fourth-order valence-corrected chi connectivity index (χ4v) is 2.83. The van der Waals surface area contributed by atoms with E-state index >= 15 is 0 Å². The minimum absolute atomic E-state index is 0.107. The molecule has 104 valence electrons. The van der Waals surface area contributed by atoms with Crippen molar-refractivity contribution in [3.8, 4) is 0 Å². The van der Waals surface area contributed by atoms with E-state index in [0.717, 1.165) is 28.9 Å². The number of hydrogen-bond acceptors (Lipinski definition) is 6. The van der Waals surface area contributed by atoms with E-state index < -0.39 is 11.9 Å². The number of hydrogen-bond donors (Lipinski definition) is 2. The molecular weight excluding hydrogens is 300 g/mol. The van der Waals surface area contributed by atoms with Gasteiger partial charge in [-0.3, -0.25) is 9.59 Å². The number of para-hydroxylation sites is 1. The molecule has 20 heavy (non-hydrogen) atoms. The summed E-state index contributed by atoms with van der Waals surface area (Å²) >= 11 is 2.10. The van der Waals surface area contributed by atoms with Gasteiger partial charge in [0.1, 0.15) is 5.03 Å². The molecule has 0 saturated heterocycles. The Balaban J connectivity index is 2.35. The summed E-state index contributed by atoms with van der Waals surface area (Å²) in [6.45, 7) is 0. The van der Waals surface area contributed by atoms with Crippen LogP contribution in [-0.4, -0.2) is 43.6 Å². The Morgan fingerprint density at radius 2 is 1.65 bits per heavy atom. The first-order chi connectivity index (χ1) is 9.56. The van der Waals surface area contributed by atoms with E-state index in [1.54, 1.807) is 6.07 Å². The average Bonchev–Trinajstić information content (AvgIpc) is 2.42. The SMILES string of the molecule is O=C(O)CSc1nc(SCC(=O)O)c2ccccc2n1. The molecule has 0 bridgehead atoms. The molecule has 0 atom stereocenters. The lowest BCUT2D eigenvalue weighted by molar-refractivity contribution is -0.134. The zero-order chi connectivity index (χ0) is 14.5. The van der Waals surface area contributed by atoms with Crippen LogP contribution in [0.5, 0.6) is 0 Å². The highest BCUT2D eigenvalue weighted by molar-refractivity contribution is 8.00.